The lowest BCUT2D eigenvalue weighted by Crippen LogP contribution is -2.39. The maximum atomic E-state index is 13.0. The molecule has 1 aliphatic rings. The second kappa shape index (κ2) is 10.2. The molecule has 0 aromatic heterocycles. The highest BCUT2D eigenvalue weighted by molar-refractivity contribution is 8.22. The zero-order valence-electron chi connectivity index (χ0n) is 18.8. The van der Waals surface area contributed by atoms with Crippen molar-refractivity contribution in [2.45, 2.75) is 47.5 Å². The predicted octanol–water partition coefficient (Wildman–Crippen LogP) is 6.30. The standard InChI is InChI=1S/C21H27F3N2O5S3/c1-4-5-9-16-14-26(15-10-7-6-8-11-15)17-12-19(32-3)18(31-34(29,30)21(22,23)24)13-20(17)33(27,28)25(16)2/h6-8,10-13,16,27-28H,4-5,9,14H2,1-3H3. The van der Waals surface area contributed by atoms with Gasteiger partial charge in [0.2, 0.25) is 0 Å². The molecule has 0 spiro atoms. The van der Waals surface area contributed by atoms with Crippen LogP contribution < -0.4 is 9.08 Å². The van der Waals surface area contributed by atoms with Crippen molar-refractivity contribution in [3.05, 3.63) is 42.5 Å². The van der Waals surface area contributed by atoms with Crippen LogP contribution in [0.1, 0.15) is 26.2 Å². The number of fused-ring (bicyclic) bond motifs is 1. The van der Waals surface area contributed by atoms with E-state index >= 15 is 0 Å². The van der Waals surface area contributed by atoms with E-state index in [2.05, 4.69) is 4.18 Å². The van der Waals surface area contributed by atoms with Crippen molar-refractivity contribution in [2.24, 2.45) is 0 Å². The van der Waals surface area contributed by atoms with Crippen LogP contribution in [0.25, 0.3) is 0 Å². The van der Waals surface area contributed by atoms with Crippen LogP contribution >= 0.6 is 22.5 Å². The Balaban J connectivity index is 2.24. The average Bonchev–Trinajstić information content (AvgIpc) is 2.85. The third kappa shape index (κ3) is 5.29. The number of para-hydroxylation sites is 1. The zero-order chi connectivity index (χ0) is 25.3. The number of halogens is 3. The van der Waals surface area contributed by atoms with Crippen LogP contribution in [0.2, 0.25) is 0 Å². The van der Waals surface area contributed by atoms with Crippen molar-refractivity contribution in [3.63, 3.8) is 0 Å². The Morgan fingerprint density at radius 3 is 2.41 bits per heavy atom. The van der Waals surface area contributed by atoms with Gasteiger partial charge in [0, 0.05) is 31.4 Å². The highest BCUT2D eigenvalue weighted by Gasteiger charge is 2.49. The number of rotatable bonds is 7. The summed E-state index contributed by atoms with van der Waals surface area (Å²) in [4.78, 5) is 1.87. The van der Waals surface area contributed by atoms with Crippen LogP contribution in [0.5, 0.6) is 5.75 Å². The van der Waals surface area contributed by atoms with Crippen LogP contribution in [-0.4, -0.2) is 53.2 Å². The minimum absolute atomic E-state index is 0.108. The molecular weight excluding hydrogens is 513 g/mol. The summed E-state index contributed by atoms with van der Waals surface area (Å²) in [6.45, 7) is 2.41. The summed E-state index contributed by atoms with van der Waals surface area (Å²) in [5, 5.41) is 0. The largest absolute Gasteiger partial charge is 0.534 e. The van der Waals surface area contributed by atoms with Gasteiger partial charge in [0.25, 0.3) is 0 Å². The number of unbranched alkanes of at least 4 members (excludes halogenated alkanes) is 1. The fourth-order valence-electron chi connectivity index (χ4n) is 3.70. The van der Waals surface area contributed by atoms with E-state index in [0.717, 1.165) is 36.4 Å². The molecule has 0 saturated carbocycles. The molecule has 1 heterocycles. The molecule has 7 nitrogen and oxygen atoms in total. The number of alkyl halides is 3. The Kier molecular flexibility index (Phi) is 8.05. The minimum atomic E-state index is -5.95. The van der Waals surface area contributed by atoms with Crippen molar-refractivity contribution in [3.8, 4) is 5.75 Å². The molecule has 1 aliphatic heterocycles. The van der Waals surface area contributed by atoms with Gasteiger partial charge in [0.15, 0.2) is 5.75 Å². The van der Waals surface area contributed by atoms with Gasteiger partial charge in [0.1, 0.15) is 4.90 Å². The fourth-order valence-corrected chi connectivity index (χ4v) is 6.37. The van der Waals surface area contributed by atoms with Gasteiger partial charge in [-0.3, -0.25) is 9.11 Å². The van der Waals surface area contributed by atoms with Crippen LogP contribution in [0.4, 0.5) is 24.5 Å². The van der Waals surface area contributed by atoms with Crippen LogP contribution in [-0.2, 0) is 10.1 Å². The number of likely N-dealkylation sites (N-methyl/N-ethyl adjacent to an activating group) is 1. The van der Waals surface area contributed by atoms with Gasteiger partial charge in [-0.05, 0) is 30.9 Å². The van der Waals surface area contributed by atoms with Gasteiger partial charge < -0.3 is 9.08 Å². The van der Waals surface area contributed by atoms with Crippen molar-refractivity contribution in [2.75, 3.05) is 24.7 Å². The molecule has 2 N–H and O–H groups in total. The number of anilines is 2. The van der Waals surface area contributed by atoms with E-state index in [1.54, 1.807) is 13.3 Å². The summed E-state index contributed by atoms with van der Waals surface area (Å²) >= 11 is 0.988. The van der Waals surface area contributed by atoms with E-state index in [-0.39, 0.29) is 15.8 Å². The molecule has 1 atom stereocenters. The second-order valence-electron chi connectivity index (χ2n) is 7.76. The maximum Gasteiger partial charge on any atom is 0.534 e. The first-order valence-electron chi connectivity index (χ1n) is 10.4. The second-order valence-corrected chi connectivity index (χ2v) is 12.2. The molecule has 2 aromatic rings. The highest BCUT2D eigenvalue weighted by atomic mass is 32.3. The Morgan fingerprint density at radius 2 is 1.85 bits per heavy atom. The van der Waals surface area contributed by atoms with Gasteiger partial charge in [-0.1, -0.05) is 38.0 Å². The molecule has 0 amide bonds. The van der Waals surface area contributed by atoms with Crippen LogP contribution in [0, 0.1) is 0 Å². The Labute approximate surface area is 203 Å². The molecular formula is C21H27F3N2O5S3. The van der Waals surface area contributed by atoms with E-state index in [1.807, 2.05) is 42.2 Å². The highest BCUT2D eigenvalue weighted by Crippen LogP contribution is 2.60. The fraction of sp³-hybridized carbons (Fsp3) is 0.429. The smallest absolute Gasteiger partial charge is 0.375 e. The number of nitrogens with zero attached hydrogens (tertiary/aromatic N) is 2. The Hall–Kier alpha value is -1.64. The van der Waals surface area contributed by atoms with Gasteiger partial charge >= 0.3 is 15.6 Å². The molecule has 0 saturated heterocycles. The van der Waals surface area contributed by atoms with Crippen molar-refractivity contribution >= 4 is 44.0 Å². The lowest BCUT2D eigenvalue weighted by atomic mass is 10.1. The minimum Gasteiger partial charge on any atom is -0.375 e. The summed E-state index contributed by atoms with van der Waals surface area (Å²) in [6.07, 6.45) is 3.94. The maximum absolute atomic E-state index is 13.0. The number of benzene rings is 2. The SMILES string of the molecule is CCCCC1CN(c2ccccc2)c2cc(SC)c(OS(=O)(=O)C(F)(F)F)cc2S(O)(O)N1C. The molecule has 13 heteroatoms. The lowest BCUT2D eigenvalue weighted by Gasteiger charge is -2.43. The molecule has 190 valence electrons. The quantitative estimate of drug-likeness (QED) is 0.240. The van der Waals surface area contributed by atoms with Crippen LogP contribution in [0.15, 0.2) is 52.3 Å². The Morgan fingerprint density at radius 1 is 1.21 bits per heavy atom. The van der Waals surface area contributed by atoms with E-state index in [1.165, 1.54) is 10.4 Å². The molecule has 2 aromatic carbocycles. The topological polar surface area (TPSA) is 90.3 Å². The first-order valence-corrected chi connectivity index (χ1v) is 14.5. The monoisotopic (exact) mass is 540 g/mol. The van der Waals surface area contributed by atoms with E-state index in [4.69, 9.17) is 0 Å². The molecule has 3 rings (SSSR count). The lowest BCUT2D eigenvalue weighted by molar-refractivity contribution is -0.0500. The first kappa shape index (κ1) is 27.0. The number of hydrogen-bond acceptors (Lipinski definition) is 8. The summed E-state index contributed by atoms with van der Waals surface area (Å²) in [7, 11) is -8.10. The van der Waals surface area contributed by atoms with Crippen molar-refractivity contribution in [1.29, 1.82) is 0 Å². The summed E-state index contributed by atoms with van der Waals surface area (Å²) < 4.78 is 90.8. The number of thioether (sulfide) groups is 1. The summed E-state index contributed by atoms with van der Waals surface area (Å²) in [6, 6.07) is 11.3. The third-order valence-corrected chi connectivity index (χ3v) is 9.33. The van der Waals surface area contributed by atoms with Gasteiger partial charge in [-0.25, -0.2) is 4.31 Å². The average molecular weight is 541 g/mol. The summed E-state index contributed by atoms with van der Waals surface area (Å²) in [5.41, 5.74) is -4.52. The Bertz CT molecular complexity index is 1110. The molecule has 0 aliphatic carbocycles. The molecule has 0 radical (unpaired) electrons. The van der Waals surface area contributed by atoms with Gasteiger partial charge in [0.05, 0.1) is 10.6 Å². The van der Waals surface area contributed by atoms with E-state index in [9.17, 15) is 30.7 Å². The van der Waals surface area contributed by atoms with Gasteiger partial charge in [-0.2, -0.15) is 21.6 Å². The first-order chi connectivity index (χ1) is 15.8. The molecule has 0 bridgehead atoms. The van der Waals surface area contributed by atoms with E-state index < -0.39 is 32.2 Å². The predicted molar refractivity (Wildman–Crippen MR) is 129 cm³/mol. The molecule has 0 fully saturated rings. The van der Waals surface area contributed by atoms with Crippen LogP contribution in [0.3, 0.4) is 0 Å². The zero-order valence-corrected chi connectivity index (χ0v) is 21.3. The normalized spacial score (nSPS) is 19.9. The van der Waals surface area contributed by atoms with Crippen molar-refractivity contribution in [1.82, 2.24) is 4.31 Å². The molecule has 34 heavy (non-hydrogen) atoms. The van der Waals surface area contributed by atoms with E-state index in [0.29, 0.717) is 18.7 Å². The van der Waals surface area contributed by atoms with Crippen molar-refractivity contribution < 1.29 is 34.9 Å². The molecule has 1 unspecified atom stereocenters. The number of hydrogen-bond donors (Lipinski definition) is 2. The van der Waals surface area contributed by atoms with Gasteiger partial charge in [-0.15, -0.1) is 22.5 Å². The summed E-state index contributed by atoms with van der Waals surface area (Å²) in [5.74, 6) is -0.614. The third-order valence-electron chi connectivity index (χ3n) is 5.58.